The molecule has 0 saturated carbocycles. The van der Waals surface area contributed by atoms with Gasteiger partial charge in [-0.2, -0.15) is 28.8 Å². The SMILES string of the molecule is CNCCCN(C)S(=O)(=O)N1CCSC(C)C1C. The summed E-state index contributed by atoms with van der Waals surface area (Å²) in [7, 11) is 0.247. The molecule has 0 aromatic rings. The second-order valence-electron chi connectivity index (χ2n) is 4.71. The Morgan fingerprint density at radius 1 is 1.44 bits per heavy atom. The lowest BCUT2D eigenvalue weighted by molar-refractivity contribution is 0.307. The Hall–Kier alpha value is 0.180. The highest BCUT2D eigenvalue weighted by Gasteiger charge is 2.35. The number of thioether (sulfide) groups is 1. The summed E-state index contributed by atoms with van der Waals surface area (Å²) in [6, 6.07) is 0.0699. The molecule has 0 aromatic carbocycles. The van der Waals surface area contributed by atoms with Crippen LogP contribution in [0.3, 0.4) is 0 Å². The predicted octanol–water partition coefficient (Wildman–Crippen LogP) is 0.598. The van der Waals surface area contributed by atoms with Crippen molar-refractivity contribution < 1.29 is 8.42 Å². The molecular weight excluding hydrogens is 270 g/mol. The lowest BCUT2D eigenvalue weighted by atomic mass is 10.2. The van der Waals surface area contributed by atoms with Crippen LogP contribution in [0, 0.1) is 0 Å². The lowest BCUT2D eigenvalue weighted by Crippen LogP contribution is -2.52. The van der Waals surface area contributed by atoms with Crippen molar-refractivity contribution in [2.75, 3.05) is 39.5 Å². The van der Waals surface area contributed by atoms with Gasteiger partial charge in [-0.05, 0) is 26.9 Å². The summed E-state index contributed by atoms with van der Waals surface area (Å²) in [5.74, 6) is 0.884. The van der Waals surface area contributed by atoms with Crippen LogP contribution in [-0.2, 0) is 10.2 Å². The van der Waals surface area contributed by atoms with E-state index < -0.39 is 10.2 Å². The maximum Gasteiger partial charge on any atom is 0.282 e. The first-order valence-electron chi connectivity index (χ1n) is 6.40. The largest absolute Gasteiger partial charge is 0.320 e. The smallest absolute Gasteiger partial charge is 0.282 e. The van der Waals surface area contributed by atoms with E-state index in [1.54, 1.807) is 11.4 Å². The molecule has 1 aliphatic rings. The zero-order chi connectivity index (χ0) is 13.8. The van der Waals surface area contributed by atoms with Crippen LogP contribution in [0.15, 0.2) is 0 Å². The molecule has 1 aliphatic heterocycles. The van der Waals surface area contributed by atoms with Crippen molar-refractivity contribution in [2.45, 2.75) is 31.6 Å². The fourth-order valence-corrected chi connectivity index (χ4v) is 4.94. The Bertz CT molecular complexity index is 348. The summed E-state index contributed by atoms with van der Waals surface area (Å²) in [4.78, 5) is 0. The molecule has 0 aromatic heterocycles. The van der Waals surface area contributed by atoms with Gasteiger partial charge in [0.1, 0.15) is 0 Å². The van der Waals surface area contributed by atoms with Crippen LogP contribution in [0.1, 0.15) is 20.3 Å². The molecule has 108 valence electrons. The third-order valence-corrected chi connectivity index (χ3v) is 6.83. The molecule has 2 unspecified atom stereocenters. The van der Waals surface area contributed by atoms with Crippen LogP contribution in [0.5, 0.6) is 0 Å². The molecule has 1 heterocycles. The summed E-state index contributed by atoms with van der Waals surface area (Å²) >= 11 is 1.84. The molecule has 1 saturated heterocycles. The topological polar surface area (TPSA) is 52.7 Å². The average Bonchev–Trinajstić information content (AvgIpc) is 2.32. The third-order valence-electron chi connectivity index (χ3n) is 3.42. The van der Waals surface area contributed by atoms with Crippen LogP contribution in [0.4, 0.5) is 0 Å². The quantitative estimate of drug-likeness (QED) is 0.729. The van der Waals surface area contributed by atoms with Gasteiger partial charge in [0.05, 0.1) is 0 Å². The van der Waals surface area contributed by atoms with E-state index in [-0.39, 0.29) is 6.04 Å². The summed E-state index contributed by atoms with van der Waals surface area (Å²) in [5, 5.41) is 3.39. The fourth-order valence-electron chi connectivity index (χ4n) is 2.00. The number of hydrogen-bond acceptors (Lipinski definition) is 4. The Labute approximate surface area is 115 Å². The van der Waals surface area contributed by atoms with Gasteiger partial charge in [-0.15, -0.1) is 0 Å². The molecule has 1 rings (SSSR count). The molecule has 18 heavy (non-hydrogen) atoms. The zero-order valence-corrected chi connectivity index (χ0v) is 13.4. The van der Waals surface area contributed by atoms with Crippen molar-refractivity contribution in [3.8, 4) is 0 Å². The minimum Gasteiger partial charge on any atom is -0.320 e. The van der Waals surface area contributed by atoms with Crippen molar-refractivity contribution >= 4 is 22.0 Å². The van der Waals surface area contributed by atoms with Gasteiger partial charge >= 0.3 is 0 Å². The van der Waals surface area contributed by atoms with Crippen molar-refractivity contribution in [2.24, 2.45) is 0 Å². The van der Waals surface area contributed by atoms with E-state index in [4.69, 9.17) is 0 Å². The molecule has 0 spiro atoms. The molecule has 0 amide bonds. The molecule has 7 heteroatoms. The average molecular weight is 295 g/mol. The first-order chi connectivity index (χ1) is 8.41. The maximum absolute atomic E-state index is 12.5. The highest BCUT2D eigenvalue weighted by atomic mass is 32.2. The van der Waals surface area contributed by atoms with Crippen LogP contribution >= 0.6 is 11.8 Å². The van der Waals surface area contributed by atoms with Gasteiger partial charge in [-0.25, -0.2) is 0 Å². The Balaban J connectivity index is 2.66. The first kappa shape index (κ1) is 16.2. The first-order valence-corrected chi connectivity index (χ1v) is 8.85. The summed E-state index contributed by atoms with van der Waals surface area (Å²) in [5.41, 5.74) is 0. The van der Waals surface area contributed by atoms with E-state index in [1.165, 1.54) is 4.31 Å². The van der Waals surface area contributed by atoms with Crippen molar-refractivity contribution in [3.05, 3.63) is 0 Å². The van der Waals surface area contributed by atoms with Crippen LogP contribution in [-0.4, -0.2) is 67.8 Å². The van der Waals surface area contributed by atoms with Crippen molar-refractivity contribution in [1.82, 2.24) is 13.9 Å². The predicted molar refractivity (Wildman–Crippen MR) is 78.2 cm³/mol. The molecule has 5 nitrogen and oxygen atoms in total. The van der Waals surface area contributed by atoms with Gasteiger partial charge in [0, 0.05) is 37.2 Å². The summed E-state index contributed by atoms with van der Waals surface area (Å²) in [6.45, 7) is 6.11. The Morgan fingerprint density at radius 3 is 2.72 bits per heavy atom. The molecule has 0 radical (unpaired) electrons. The van der Waals surface area contributed by atoms with E-state index in [1.807, 2.05) is 25.7 Å². The molecule has 0 aliphatic carbocycles. The second-order valence-corrected chi connectivity index (χ2v) is 8.19. The molecule has 1 N–H and O–H groups in total. The fraction of sp³-hybridized carbons (Fsp3) is 1.00. The summed E-state index contributed by atoms with van der Waals surface area (Å²) in [6.07, 6.45) is 0.832. The standard InChI is InChI=1S/C11H25N3O2S2/c1-10-11(2)17-9-8-14(10)18(15,16)13(4)7-5-6-12-3/h10-12H,5-9H2,1-4H3. The number of nitrogens with one attached hydrogen (secondary N) is 1. The van der Waals surface area contributed by atoms with Gasteiger partial charge in [0.25, 0.3) is 10.2 Å². The van der Waals surface area contributed by atoms with E-state index in [2.05, 4.69) is 12.2 Å². The summed E-state index contributed by atoms with van der Waals surface area (Å²) < 4.78 is 28.0. The van der Waals surface area contributed by atoms with E-state index in [0.717, 1.165) is 18.7 Å². The minimum atomic E-state index is -3.30. The molecule has 1 fully saturated rings. The molecule has 0 bridgehead atoms. The van der Waals surface area contributed by atoms with Crippen molar-refractivity contribution in [3.63, 3.8) is 0 Å². The molecular formula is C11H25N3O2S2. The number of nitrogens with zero attached hydrogens (tertiary/aromatic N) is 2. The highest BCUT2D eigenvalue weighted by molar-refractivity contribution is 8.00. The van der Waals surface area contributed by atoms with Gasteiger partial charge in [-0.3, -0.25) is 0 Å². The number of hydrogen-bond donors (Lipinski definition) is 1. The Morgan fingerprint density at radius 2 is 2.11 bits per heavy atom. The van der Waals surface area contributed by atoms with Crippen molar-refractivity contribution in [1.29, 1.82) is 0 Å². The lowest BCUT2D eigenvalue weighted by Gasteiger charge is -2.38. The van der Waals surface area contributed by atoms with E-state index in [0.29, 0.717) is 18.3 Å². The maximum atomic E-state index is 12.5. The van der Waals surface area contributed by atoms with Crippen LogP contribution in [0.2, 0.25) is 0 Å². The third kappa shape index (κ3) is 3.84. The van der Waals surface area contributed by atoms with Gasteiger partial charge < -0.3 is 5.32 Å². The van der Waals surface area contributed by atoms with Gasteiger partial charge in [0.2, 0.25) is 0 Å². The van der Waals surface area contributed by atoms with Crippen LogP contribution in [0.25, 0.3) is 0 Å². The monoisotopic (exact) mass is 295 g/mol. The van der Waals surface area contributed by atoms with E-state index >= 15 is 0 Å². The second kappa shape index (κ2) is 7.09. The van der Waals surface area contributed by atoms with Gasteiger partial charge in [0.15, 0.2) is 0 Å². The Kier molecular flexibility index (Phi) is 6.40. The normalized spacial score (nSPS) is 26.7. The minimum absolute atomic E-state index is 0.0699. The van der Waals surface area contributed by atoms with E-state index in [9.17, 15) is 8.42 Å². The molecule has 2 atom stereocenters. The van der Waals surface area contributed by atoms with Crippen LogP contribution < -0.4 is 5.32 Å². The zero-order valence-electron chi connectivity index (χ0n) is 11.7. The number of rotatable bonds is 6. The van der Waals surface area contributed by atoms with Gasteiger partial charge in [-0.1, -0.05) is 6.92 Å². The highest BCUT2D eigenvalue weighted by Crippen LogP contribution is 2.27.